The highest BCUT2D eigenvalue weighted by Crippen LogP contribution is 2.06. The summed E-state index contributed by atoms with van der Waals surface area (Å²) >= 11 is 1.75. The molecule has 1 aliphatic rings. The van der Waals surface area contributed by atoms with E-state index < -0.39 is 90.1 Å². The first-order valence-electron chi connectivity index (χ1n) is 18.6. The van der Waals surface area contributed by atoms with Gasteiger partial charge in [0.1, 0.15) is 43.4 Å². The van der Waals surface area contributed by atoms with Crippen molar-refractivity contribution in [3.8, 4) is 0 Å². The van der Waals surface area contributed by atoms with Gasteiger partial charge in [0, 0.05) is 13.1 Å². The second kappa shape index (κ2) is 34.2. The van der Waals surface area contributed by atoms with Crippen LogP contribution in [0.5, 0.6) is 0 Å². The molecule has 25 heteroatoms. The van der Waals surface area contributed by atoms with E-state index in [2.05, 4.69) is 37.2 Å². The molecule has 0 radical (unpaired) electrons. The first kappa shape index (κ1) is 56.4. The minimum absolute atomic E-state index is 0.150. The molecule has 59 heavy (non-hydrogen) atoms. The van der Waals surface area contributed by atoms with Crippen LogP contribution in [0.2, 0.25) is 0 Å². The minimum Gasteiger partial charge on any atom is -0.378 e. The topological polar surface area (TPSA) is 379 Å². The van der Waals surface area contributed by atoms with Crippen molar-refractivity contribution >= 4 is 64.9 Å². The van der Waals surface area contributed by atoms with Crippen molar-refractivity contribution in [1.82, 2.24) is 37.2 Å². The molecule has 6 atom stereocenters. The van der Waals surface area contributed by atoms with Gasteiger partial charge in [0.2, 0.25) is 53.2 Å². The number of hydrogen-bond donors (Lipinski definition) is 11. The zero-order chi connectivity index (χ0) is 45.3. The van der Waals surface area contributed by atoms with Crippen molar-refractivity contribution < 1.29 is 62.1 Å². The number of carbonyl (C=O) groups excluding carboxylic acids is 9. The Labute approximate surface area is 348 Å². The summed E-state index contributed by atoms with van der Waals surface area (Å²) < 4.78 is 20.3. The van der Waals surface area contributed by atoms with Gasteiger partial charge in [-0.15, -0.1) is 0 Å². The zero-order valence-electron chi connectivity index (χ0n) is 34.7. The van der Waals surface area contributed by atoms with E-state index in [9.17, 15) is 43.2 Å². The molecule has 1 heterocycles. The average Bonchev–Trinajstić information content (AvgIpc) is 3.16. The van der Waals surface area contributed by atoms with Crippen molar-refractivity contribution in [2.24, 2.45) is 22.9 Å². The van der Waals surface area contributed by atoms with Crippen LogP contribution < -0.4 is 60.2 Å². The molecule has 340 valence electrons. The number of ether oxygens (including phenoxy) is 4. The number of hydrogen-bond acceptors (Lipinski definition) is 16. The summed E-state index contributed by atoms with van der Waals surface area (Å²) in [6, 6.07) is -6.63. The summed E-state index contributed by atoms with van der Waals surface area (Å²) in [5, 5.41) is 17.0. The molecular weight excluding hydrogens is 803 g/mol. The Kier molecular flexibility index (Phi) is 32.7. The maximum atomic E-state index is 12.8. The van der Waals surface area contributed by atoms with Gasteiger partial charge in [-0.25, -0.2) is 0 Å². The predicted molar refractivity (Wildman–Crippen MR) is 216 cm³/mol. The zero-order valence-corrected chi connectivity index (χ0v) is 35.5. The lowest BCUT2D eigenvalue weighted by Gasteiger charge is -2.25. The van der Waals surface area contributed by atoms with Crippen LogP contribution in [-0.2, 0) is 62.1 Å². The Morgan fingerprint density at radius 1 is 0.780 bits per heavy atom. The van der Waals surface area contributed by atoms with E-state index in [4.69, 9.17) is 41.9 Å². The summed E-state index contributed by atoms with van der Waals surface area (Å²) in [4.78, 5) is 108. The van der Waals surface area contributed by atoms with Gasteiger partial charge >= 0.3 is 0 Å². The van der Waals surface area contributed by atoms with E-state index in [0.717, 1.165) is 0 Å². The maximum Gasteiger partial charge on any atom is 0.246 e. The van der Waals surface area contributed by atoms with Crippen LogP contribution in [0, 0.1) is 0 Å². The number of thioether (sulfide) groups is 1. The highest BCUT2D eigenvalue weighted by atomic mass is 32.2. The lowest BCUT2D eigenvalue weighted by molar-refractivity contribution is -0.133. The molecule has 9 amide bonds. The van der Waals surface area contributed by atoms with Gasteiger partial charge in [0.15, 0.2) is 0 Å². The van der Waals surface area contributed by atoms with Crippen LogP contribution in [0.3, 0.4) is 0 Å². The number of nitrogens with one attached hydrogen (secondary N) is 7. The Balaban J connectivity index is 0. The molecule has 1 saturated heterocycles. The molecule has 1 unspecified atom stereocenters. The van der Waals surface area contributed by atoms with Crippen molar-refractivity contribution in [2.45, 2.75) is 76.8 Å². The smallest absolute Gasteiger partial charge is 0.246 e. The maximum absolute atomic E-state index is 12.8. The third-order valence-electron chi connectivity index (χ3n) is 7.21. The van der Waals surface area contributed by atoms with Gasteiger partial charge in [-0.2, -0.15) is 11.8 Å². The fraction of sp³-hybridized carbons (Fsp3) is 0.735. The van der Waals surface area contributed by atoms with E-state index >= 15 is 0 Å². The van der Waals surface area contributed by atoms with Crippen molar-refractivity contribution in [2.75, 3.05) is 85.0 Å². The molecule has 1 rings (SSSR count). The molecule has 0 aliphatic carbocycles. The SMILES string of the molecule is CC(NC(=O)[C@@H]1CC[C@H](NC(=O)[C@H](C)N)C(=O)N[C@@H](C)C(=O)NCC(=O)N[C@@H](C)C(=O)N1)C(N)=O.CSC.NCCOCCOCCOCCNC(=O)COCC(N)=O. The Morgan fingerprint density at radius 3 is 1.88 bits per heavy atom. The molecule has 1 fully saturated rings. The molecule has 0 aromatic heterocycles. The van der Waals surface area contributed by atoms with Gasteiger partial charge in [0.25, 0.3) is 0 Å². The fourth-order valence-corrected chi connectivity index (χ4v) is 4.10. The average molecular weight is 868 g/mol. The van der Waals surface area contributed by atoms with Gasteiger partial charge in [-0.3, -0.25) is 43.2 Å². The first-order valence-corrected chi connectivity index (χ1v) is 20.2. The molecule has 1 aliphatic heterocycles. The second-order valence-corrected chi connectivity index (χ2v) is 13.5. The Bertz CT molecular complexity index is 1330. The number of amides is 9. The fourth-order valence-electron chi connectivity index (χ4n) is 4.10. The highest BCUT2D eigenvalue weighted by Gasteiger charge is 2.31. The lowest BCUT2D eigenvalue weighted by Crippen LogP contribution is -2.56. The molecule has 0 aromatic carbocycles. The van der Waals surface area contributed by atoms with E-state index in [0.29, 0.717) is 52.7 Å². The highest BCUT2D eigenvalue weighted by molar-refractivity contribution is 7.97. The standard InChI is InChI=1S/C20H34N8O7.C12H25N3O6.C2H6S/c1-8(21)16(31)27-12-5-6-13(19(34)25-9(2)15(22)30)28-18(33)11(4)24-14(29)7-23-17(32)10(3)26-20(12)35;13-1-3-18-5-7-20-8-6-19-4-2-15-12(17)10-21-9-11(14)16;1-3-2/h8-13H,5-7,21H2,1-4H3,(H2,22,30)(H,23,32)(H,24,29)(H,25,34)(H,26,35)(H,27,31)(H,28,33);1-10,13H2,(H2,14,16)(H,15,17);1-2H3/t8-,9?,10-,11-,12-,13-;;/m0../s1. The summed E-state index contributed by atoms with van der Waals surface area (Å²) in [6.07, 6.45) is 3.77. The lowest BCUT2D eigenvalue weighted by atomic mass is 10.0. The molecular formula is C34H65N11O13S. The van der Waals surface area contributed by atoms with Crippen LogP contribution in [0.4, 0.5) is 0 Å². The predicted octanol–water partition coefficient (Wildman–Crippen LogP) is -6.20. The van der Waals surface area contributed by atoms with Crippen LogP contribution >= 0.6 is 11.8 Å². The number of nitrogens with two attached hydrogens (primary N) is 4. The summed E-state index contributed by atoms with van der Waals surface area (Å²) in [5.41, 5.74) is 20.9. The number of carbonyl (C=O) groups is 9. The van der Waals surface area contributed by atoms with E-state index in [1.165, 1.54) is 27.7 Å². The first-order chi connectivity index (χ1) is 27.8. The number of primary amides is 2. The molecule has 15 N–H and O–H groups in total. The normalized spacial score (nSPS) is 19.7. The summed E-state index contributed by atoms with van der Waals surface area (Å²) in [6.45, 7) is 8.23. The third-order valence-corrected chi connectivity index (χ3v) is 7.21. The van der Waals surface area contributed by atoms with Crippen molar-refractivity contribution in [1.29, 1.82) is 0 Å². The van der Waals surface area contributed by atoms with Crippen LogP contribution in [0.1, 0.15) is 40.5 Å². The van der Waals surface area contributed by atoms with E-state index in [-0.39, 0.29) is 32.0 Å². The Morgan fingerprint density at radius 2 is 1.34 bits per heavy atom. The van der Waals surface area contributed by atoms with E-state index in [1.54, 1.807) is 11.8 Å². The monoisotopic (exact) mass is 867 g/mol. The van der Waals surface area contributed by atoms with Crippen molar-refractivity contribution in [3.05, 3.63) is 0 Å². The van der Waals surface area contributed by atoms with Crippen LogP contribution in [0.25, 0.3) is 0 Å². The van der Waals surface area contributed by atoms with Gasteiger partial charge in [-0.1, -0.05) is 0 Å². The van der Waals surface area contributed by atoms with Crippen LogP contribution in [0.15, 0.2) is 0 Å². The minimum atomic E-state index is -1.26. The molecule has 24 nitrogen and oxygen atoms in total. The second-order valence-electron chi connectivity index (χ2n) is 12.7. The van der Waals surface area contributed by atoms with Crippen LogP contribution in [-0.4, -0.2) is 174 Å². The molecule has 0 aromatic rings. The van der Waals surface area contributed by atoms with Gasteiger partial charge in [0.05, 0.1) is 52.2 Å². The Hall–Kier alpha value is -4.66. The van der Waals surface area contributed by atoms with Crippen molar-refractivity contribution in [3.63, 3.8) is 0 Å². The van der Waals surface area contributed by atoms with Gasteiger partial charge < -0.3 is 79.1 Å². The largest absolute Gasteiger partial charge is 0.378 e. The van der Waals surface area contributed by atoms with E-state index in [1.807, 2.05) is 12.5 Å². The van der Waals surface area contributed by atoms with Gasteiger partial charge in [-0.05, 0) is 53.0 Å². The molecule has 0 bridgehead atoms. The molecule has 0 saturated carbocycles. The summed E-state index contributed by atoms with van der Waals surface area (Å²) in [5.74, 6) is -6.00. The molecule has 0 spiro atoms. The summed E-state index contributed by atoms with van der Waals surface area (Å²) in [7, 11) is 0. The quantitative estimate of drug-likeness (QED) is 0.0507. The number of rotatable bonds is 20. The third kappa shape index (κ3) is 30.1.